The molecule has 1 amide bonds. The van der Waals surface area contributed by atoms with Gasteiger partial charge in [-0.1, -0.05) is 0 Å². The molecule has 5 nitrogen and oxygen atoms in total. The number of carbonyl (C=O) groups is 2. The van der Waals surface area contributed by atoms with Crippen LogP contribution in [0.4, 0.5) is 5.69 Å². The number of hydrogen-bond acceptors (Lipinski definition) is 3. The predicted octanol–water partition coefficient (Wildman–Crippen LogP) is 1.12. The predicted molar refractivity (Wildman–Crippen MR) is 65.0 cm³/mol. The fourth-order valence-corrected chi connectivity index (χ4v) is 1.97. The highest BCUT2D eigenvalue weighted by Gasteiger charge is 2.35. The lowest BCUT2D eigenvalue weighted by atomic mass is 10.1. The highest BCUT2D eigenvalue weighted by atomic mass is 127. The molecule has 1 atom stereocenters. The standard InChI is InChI=1S/C10H9IN2O3/c11-8-2-1-7(4-12-8)13-5-6(10(15)16)3-9(13)14/h1-2,4,6H,3,5H2,(H,15,16). The highest BCUT2D eigenvalue weighted by Crippen LogP contribution is 2.24. The van der Waals surface area contributed by atoms with Gasteiger partial charge in [0.15, 0.2) is 0 Å². The highest BCUT2D eigenvalue weighted by molar-refractivity contribution is 14.1. The smallest absolute Gasteiger partial charge is 0.308 e. The summed E-state index contributed by atoms with van der Waals surface area (Å²) >= 11 is 2.07. The van der Waals surface area contributed by atoms with E-state index in [1.165, 1.54) is 4.90 Å². The molecule has 1 unspecified atom stereocenters. The Hall–Kier alpha value is -1.18. The van der Waals surface area contributed by atoms with Crippen LogP contribution < -0.4 is 4.90 Å². The van der Waals surface area contributed by atoms with E-state index in [2.05, 4.69) is 27.6 Å². The topological polar surface area (TPSA) is 70.5 Å². The molecule has 0 spiro atoms. The Morgan fingerprint density at radius 1 is 1.56 bits per heavy atom. The number of anilines is 1. The molecule has 0 bridgehead atoms. The second-order valence-electron chi connectivity index (χ2n) is 3.58. The van der Waals surface area contributed by atoms with Crippen molar-refractivity contribution in [1.29, 1.82) is 0 Å². The largest absolute Gasteiger partial charge is 0.481 e. The summed E-state index contributed by atoms with van der Waals surface area (Å²) in [6, 6.07) is 3.56. The number of carbonyl (C=O) groups excluding carboxylic acids is 1. The van der Waals surface area contributed by atoms with Crippen molar-refractivity contribution < 1.29 is 14.7 Å². The third kappa shape index (κ3) is 2.16. The molecular weight excluding hydrogens is 323 g/mol. The first-order chi connectivity index (χ1) is 7.58. The van der Waals surface area contributed by atoms with Gasteiger partial charge in [-0.15, -0.1) is 0 Å². The van der Waals surface area contributed by atoms with Crippen molar-refractivity contribution >= 4 is 40.2 Å². The summed E-state index contributed by atoms with van der Waals surface area (Å²) in [6.07, 6.45) is 1.66. The van der Waals surface area contributed by atoms with E-state index in [0.717, 1.165) is 3.70 Å². The van der Waals surface area contributed by atoms with E-state index in [1.54, 1.807) is 18.3 Å². The number of aliphatic carboxylic acids is 1. The molecule has 6 heteroatoms. The molecule has 84 valence electrons. The molecule has 1 aliphatic rings. The minimum Gasteiger partial charge on any atom is -0.481 e. The summed E-state index contributed by atoms with van der Waals surface area (Å²) in [5.74, 6) is -1.68. The fraction of sp³-hybridized carbons (Fsp3) is 0.300. The number of pyridine rings is 1. The Morgan fingerprint density at radius 2 is 2.31 bits per heavy atom. The number of halogens is 1. The lowest BCUT2D eigenvalue weighted by molar-refractivity contribution is -0.141. The van der Waals surface area contributed by atoms with E-state index in [-0.39, 0.29) is 18.9 Å². The molecule has 1 N–H and O–H groups in total. The second-order valence-corrected chi connectivity index (χ2v) is 4.69. The van der Waals surface area contributed by atoms with Crippen molar-refractivity contribution in [3.63, 3.8) is 0 Å². The van der Waals surface area contributed by atoms with Crippen molar-refractivity contribution in [1.82, 2.24) is 4.98 Å². The molecule has 16 heavy (non-hydrogen) atoms. The van der Waals surface area contributed by atoms with Gasteiger partial charge >= 0.3 is 5.97 Å². The Labute approximate surface area is 106 Å². The van der Waals surface area contributed by atoms with Gasteiger partial charge in [-0.3, -0.25) is 9.59 Å². The number of rotatable bonds is 2. The van der Waals surface area contributed by atoms with Gasteiger partial charge in [0, 0.05) is 13.0 Å². The molecule has 2 rings (SSSR count). The maximum atomic E-state index is 11.6. The van der Waals surface area contributed by atoms with E-state index in [0.29, 0.717) is 5.69 Å². The molecule has 0 radical (unpaired) electrons. The molecule has 1 aliphatic heterocycles. The molecule has 1 fully saturated rings. The molecule has 0 aliphatic carbocycles. The number of aromatic nitrogens is 1. The van der Waals surface area contributed by atoms with Gasteiger partial charge in [0.2, 0.25) is 5.91 Å². The average Bonchev–Trinajstić information content (AvgIpc) is 2.62. The van der Waals surface area contributed by atoms with Crippen LogP contribution in [0.1, 0.15) is 6.42 Å². The molecule has 0 saturated carbocycles. The molecule has 1 aromatic heterocycles. The molecule has 2 heterocycles. The van der Waals surface area contributed by atoms with E-state index < -0.39 is 11.9 Å². The zero-order valence-electron chi connectivity index (χ0n) is 8.26. The third-order valence-corrected chi connectivity index (χ3v) is 3.14. The quantitative estimate of drug-likeness (QED) is 0.651. The van der Waals surface area contributed by atoms with Gasteiger partial charge in [-0.2, -0.15) is 0 Å². The Morgan fingerprint density at radius 3 is 2.81 bits per heavy atom. The van der Waals surface area contributed by atoms with Crippen LogP contribution in [-0.2, 0) is 9.59 Å². The van der Waals surface area contributed by atoms with Gasteiger partial charge in [-0.25, -0.2) is 4.98 Å². The van der Waals surface area contributed by atoms with Crippen LogP contribution >= 0.6 is 22.6 Å². The van der Waals surface area contributed by atoms with Crippen LogP contribution in [0.15, 0.2) is 18.3 Å². The van der Waals surface area contributed by atoms with Crippen LogP contribution in [0, 0.1) is 9.62 Å². The molecular formula is C10H9IN2O3. The van der Waals surface area contributed by atoms with E-state index >= 15 is 0 Å². The first kappa shape index (κ1) is 11.3. The minimum atomic E-state index is -0.922. The van der Waals surface area contributed by atoms with Crippen LogP contribution in [0.3, 0.4) is 0 Å². The van der Waals surface area contributed by atoms with E-state index in [4.69, 9.17) is 5.11 Å². The van der Waals surface area contributed by atoms with Gasteiger partial charge in [0.25, 0.3) is 0 Å². The summed E-state index contributed by atoms with van der Waals surface area (Å²) in [6.45, 7) is 0.233. The number of nitrogens with zero attached hydrogens (tertiary/aromatic N) is 2. The van der Waals surface area contributed by atoms with Crippen LogP contribution in [0.2, 0.25) is 0 Å². The molecule has 1 saturated heterocycles. The maximum Gasteiger partial charge on any atom is 0.308 e. The maximum absolute atomic E-state index is 11.6. The van der Waals surface area contributed by atoms with E-state index in [9.17, 15) is 9.59 Å². The van der Waals surface area contributed by atoms with Crippen molar-refractivity contribution in [3.05, 3.63) is 22.0 Å². The van der Waals surface area contributed by atoms with Gasteiger partial charge in [0.05, 0.1) is 17.8 Å². The summed E-state index contributed by atoms with van der Waals surface area (Å²) in [5.41, 5.74) is 0.661. The SMILES string of the molecule is O=C(O)C1CC(=O)N(c2ccc(I)nc2)C1. The lowest BCUT2D eigenvalue weighted by Crippen LogP contribution is -2.25. The normalized spacial score (nSPS) is 20.2. The monoisotopic (exact) mass is 332 g/mol. The second kappa shape index (κ2) is 4.36. The average molecular weight is 332 g/mol. The zero-order chi connectivity index (χ0) is 11.7. The van der Waals surface area contributed by atoms with E-state index in [1.807, 2.05) is 0 Å². The number of amides is 1. The summed E-state index contributed by atoms with van der Waals surface area (Å²) in [4.78, 5) is 27.9. The summed E-state index contributed by atoms with van der Waals surface area (Å²) in [7, 11) is 0. The van der Waals surface area contributed by atoms with Crippen molar-refractivity contribution in [2.24, 2.45) is 5.92 Å². The lowest BCUT2D eigenvalue weighted by Gasteiger charge is -2.15. The number of carboxylic acid groups (broad SMARTS) is 1. The Kier molecular flexibility index (Phi) is 3.08. The van der Waals surface area contributed by atoms with Crippen LogP contribution in [0.5, 0.6) is 0 Å². The molecule has 0 aromatic carbocycles. The van der Waals surface area contributed by atoms with Crippen molar-refractivity contribution in [2.45, 2.75) is 6.42 Å². The summed E-state index contributed by atoms with van der Waals surface area (Å²) in [5, 5.41) is 8.84. The van der Waals surface area contributed by atoms with Gasteiger partial charge in [0.1, 0.15) is 3.70 Å². The van der Waals surface area contributed by atoms with Gasteiger partial charge in [-0.05, 0) is 34.7 Å². The Bertz CT molecular complexity index is 432. The van der Waals surface area contributed by atoms with Gasteiger partial charge < -0.3 is 10.0 Å². The van der Waals surface area contributed by atoms with Crippen LogP contribution in [-0.4, -0.2) is 28.5 Å². The van der Waals surface area contributed by atoms with Crippen molar-refractivity contribution in [2.75, 3.05) is 11.4 Å². The Balaban J connectivity index is 2.20. The summed E-state index contributed by atoms with van der Waals surface area (Å²) < 4.78 is 0.836. The first-order valence-electron chi connectivity index (χ1n) is 4.72. The molecule has 1 aromatic rings. The number of hydrogen-bond donors (Lipinski definition) is 1. The number of carboxylic acids is 1. The van der Waals surface area contributed by atoms with Crippen molar-refractivity contribution in [3.8, 4) is 0 Å². The zero-order valence-corrected chi connectivity index (χ0v) is 10.4. The minimum absolute atomic E-state index is 0.0708. The third-order valence-electron chi connectivity index (χ3n) is 2.50. The fourth-order valence-electron chi connectivity index (χ4n) is 1.65. The van der Waals surface area contributed by atoms with Crippen LogP contribution in [0.25, 0.3) is 0 Å². The first-order valence-corrected chi connectivity index (χ1v) is 5.80.